The molecule has 1 aliphatic carbocycles. The molecule has 4 rings (SSSR count). The Balaban J connectivity index is 0.00000156. The van der Waals surface area contributed by atoms with Crippen molar-refractivity contribution in [3.8, 4) is 11.5 Å². The largest absolute Gasteiger partial charge is 0.460 e. The number of amides is 1. The van der Waals surface area contributed by atoms with Crippen LogP contribution in [-0.4, -0.2) is 40.1 Å². The molecule has 0 spiro atoms. The van der Waals surface area contributed by atoms with Gasteiger partial charge in [0.05, 0.1) is 0 Å². The van der Waals surface area contributed by atoms with Crippen molar-refractivity contribution in [3.63, 3.8) is 0 Å². The number of aryl methyl sites for hydroxylation is 1. The molecule has 0 radical (unpaired) electrons. The number of carbonyl (C=O) groups excluding carboxylic acids is 1. The van der Waals surface area contributed by atoms with Crippen molar-refractivity contribution >= 4 is 18.3 Å². The molecule has 1 aliphatic heterocycles. The summed E-state index contributed by atoms with van der Waals surface area (Å²) in [7, 11) is 0. The molecular weight excluding hydrogens is 316 g/mol. The monoisotopic (exact) mass is 336 g/mol. The van der Waals surface area contributed by atoms with Gasteiger partial charge in [-0.3, -0.25) is 9.89 Å². The van der Waals surface area contributed by atoms with E-state index in [-0.39, 0.29) is 24.4 Å². The molecule has 2 aliphatic rings. The fourth-order valence-electron chi connectivity index (χ4n) is 3.77. The molecule has 3 N–H and O–H groups in total. The molecule has 0 aromatic carbocycles. The second-order valence-electron chi connectivity index (χ2n) is 6.45. The fourth-order valence-corrected chi connectivity index (χ4v) is 3.77. The van der Waals surface area contributed by atoms with Crippen molar-refractivity contribution in [2.45, 2.75) is 25.8 Å². The van der Waals surface area contributed by atoms with E-state index in [1.54, 1.807) is 6.07 Å². The molecule has 0 bridgehead atoms. The first-order chi connectivity index (χ1) is 10.6. The predicted molar refractivity (Wildman–Crippen MR) is 88.4 cm³/mol. The minimum Gasteiger partial charge on any atom is -0.460 e. The maximum atomic E-state index is 12.6. The lowest BCUT2D eigenvalue weighted by Gasteiger charge is -2.17. The van der Waals surface area contributed by atoms with Crippen LogP contribution in [0.1, 0.15) is 29.1 Å². The summed E-state index contributed by atoms with van der Waals surface area (Å²) in [6.07, 6.45) is 2.22. The summed E-state index contributed by atoms with van der Waals surface area (Å²) in [5.41, 5.74) is 7.30. The average molecular weight is 337 g/mol. The molecule has 6 nitrogen and oxygen atoms in total. The van der Waals surface area contributed by atoms with Crippen molar-refractivity contribution in [3.05, 3.63) is 29.7 Å². The zero-order valence-electron chi connectivity index (χ0n) is 13.0. The number of likely N-dealkylation sites (tertiary alicyclic amines) is 1. The van der Waals surface area contributed by atoms with Gasteiger partial charge in [-0.25, -0.2) is 0 Å². The lowest BCUT2D eigenvalue weighted by atomic mass is 9.98. The number of aromatic amines is 1. The second kappa shape index (κ2) is 6.02. The first-order valence-corrected chi connectivity index (χ1v) is 7.79. The zero-order valence-corrected chi connectivity index (χ0v) is 13.8. The third kappa shape index (κ3) is 2.77. The van der Waals surface area contributed by atoms with Crippen LogP contribution in [0.25, 0.3) is 11.5 Å². The summed E-state index contributed by atoms with van der Waals surface area (Å²) in [5.74, 6) is 2.52. The van der Waals surface area contributed by atoms with Crippen LogP contribution < -0.4 is 5.73 Å². The third-order valence-electron chi connectivity index (χ3n) is 5.00. The topological polar surface area (TPSA) is 88.1 Å². The predicted octanol–water partition coefficient (Wildman–Crippen LogP) is 2.21. The van der Waals surface area contributed by atoms with Crippen LogP contribution in [0.2, 0.25) is 0 Å². The number of furan rings is 1. The summed E-state index contributed by atoms with van der Waals surface area (Å²) >= 11 is 0. The van der Waals surface area contributed by atoms with E-state index in [0.717, 1.165) is 37.4 Å². The Kier molecular flexibility index (Phi) is 4.21. The Morgan fingerprint density at radius 3 is 2.91 bits per heavy atom. The van der Waals surface area contributed by atoms with Gasteiger partial charge < -0.3 is 15.1 Å². The fraction of sp³-hybridized carbons (Fsp3) is 0.500. The Morgan fingerprint density at radius 1 is 1.39 bits per heavy atom. The lowest BCUT2D eigenvalue weighted by Crippen LogP contribution is -2.33. The minimum absolute atomic E-state index is 0. The molecule has 124 valence electrons. The Labute approximate surface area is 140 Å². The molecule has 1 amide bonds. The summed E-state index contributed by atoms with van der Waals surface area (Å²) in [5, 5.41) is 7.03. The molecule has 1 saturated heterocycles. The highest BCUT2D eigenvalue weighted by molar-refractivity contribution is 5.93. The number of fused-ring (bicyclic) bond motifs is 1. The Hall–Kier alpha value is -1.79. The molecule has 7 heteroatoms. The molecule has 3 atom stereocenters. The van der Waals surface area contributed by atoms with Gasteiger partial charge in [-0.2, -0.15) is 5.10 Å². The van der Waals surface area contributed by atoms with Crippen molar-refractivity contribution < 1.29 is 9.21 Å². The van der Waals surface area contributed by atoms with E-state index in [1.165, 1.54) is 0 Å². The standard InChI is InChI=1S/C16H20N4O2.ClH/c1-9-2-5-15(22-9)13-6-14(19-18-13)16(21)20-7-10-3-4-12(17)11(10)8-20;/h2,5-6,10-12H,3-4,7-8,17H2,1H3,(H,18,19);1H. The van der Waals surface area contributed by atoms with Crippen LogP contribution in [0.4, 0.5) is 0 Å². The SMILES string of the molecule is Cc1ccc(-c2cc(C(=O)N3CC4CCC(N)C4C3)n[nH]2)o1.Cl. The van der Waals surface area contributed by atoms with Gasteiger partial charge in [0.25, 0.3) is 5.91 Å². The third-order valence-corrected chi connectivity index (χ3v) is 5.00. The number of nitrogens with two attached hydrogens (primary N) is 1. The molecular formula is C16H21ClN4O2. The van der Waals surface area contributed by atoms with Gasteiger partial charge in [-0.05, 0) is 43.7 Å². The highest BCUT2D eigenvalue weighted by Gasteiger charge is 2.42. The van der Waals surface area contributed by atoms with Gasteiger partial charge in [-0.1, -0.05) is 0 Å². The highest BCUT2D eigenvalue weighted by Crippen LogP contribution is 2.37. The number of nitrogens with zero attached hydrogens (tertiary/aromatic N) is 2. The van der Waals surface area contributed by atoms with Crippen LogP contribution in [0.5, 0.6) is 0 Å². The summed E-state index contributed by atoms with van der Waals surface area (Å²) in [4.78, 5) is 14.5. The zero-order chi connectivity index (χ0) is 15.3. The number of hydrogen-bond donors (Lipinski definition) is 2. The molecule has 23 heavy (non-hydrogen) atoms. The number of aromatic nitrogens is 2. The highest BCUT2D eigenvalue weighted by atomic mass is 35.5. The summed E-state index contributed by atoms with van der Waals surface area (Å²) < 4.78 is 5.55. The van der Waals surface area contributed by atoms with E-state index in [9.17, 15) is 4.79 Å². The number of H-pyrrole nitrogens is 1. The van der Waals surface area contributed by atoms with Crippen LogP contribution >= 0.6 is 12.4 Å². The van der Waals surface area contributed by atoms with Crippen LogP contribution in [0.15, 0.2) is 22.6 Å². The summed E-state index contributed by atoms with van der Waals surface area (Å²) in [6.45, 7) is 3.45. The van der Waals surface area contributed by atoms with Gasteiger partial charge >= 0.3 is 0 Å². The van der Waals surface area contributed by atoms with Gasteiger partial charge in [0.2, 0.25) is 0 Å². The van der Waals surface area contributed by atoms with E-state index in [4.69, 9.17) is 10.2 Å². The normalized spacial score (nSPS) is 26.2. The van der Waals surface area contributed by atoms with E-state index in [1.807, 2.05) is 24.0 Å². The van der Waals surface area contributed by atoms with E-state index >= 15 is 0 Å². The molecule has 1 saturated carbocycles. The van der Waals surface area contributed by atoms with Gasteiger partial charge in [-0.15, -0.1) is 12.4 Å². The Bertz CT molecular complexity index is 711. The summed E-state index contributed by atoms with van der Waals surface area (Å²) in [6, 6.07) is 5.76. The minimum atomic E-state index is -0.0209. The van der Waals surface area contributed by atoms with Crippen molar-refractivity contribution in [1.82, 2.24) is 15.1 Å². The second-order valence-corrected chi connectivity index (χ2v) is 6.45. The number of hydrogen-bond acceptors (Lipinski definition) is 4. The maximum Gasteiger partial charge on any atom is 0.274 e. The quantitative estimate of drug-likeness (QED) is 0.880. The first kappa shape index (κ1) is 16.1. The van der Waals surface area contributed by atoms with Gasteiger partial charge in [0.15, 0.2) is 11.5 Å². The van der Waals surface area contributed by atoms with E-state index in [0.29, 0.717) is 23.3 Å². The number of halogens is 1. The van der Waals surface area contributed by atoms with Gasteiger partial charge in [0, 0.05) is 25.2 Å². The van der Waals surface area contributed by atoms with Crippen molar-refractivity contribution in [2.24, 2.45) is 17.6 Å². The van der Waals surface area contributed by atoms with Crippen LogP contribution in [0, 0.1) is 18.8 Å². The molecule has 2 aromatic rings. The van der Waals surface area contributed by atoms with Crippen LogP contribution in [0.3, 0.4) is 0 Å². The molecule has 2 aromatic heterocycles. The number of rotatable bonds is 2. The molecule has 3 heterocycles. The average Bonchev–Trinajstić information content (AvgIpc) is 3.23. The molecule has 2 fully saturated rings. The lowest BCUT2D eigenvalue weighted by molar-refractivity contribution is 0.0773. The number of carbonyl (C=O) groups is 1. The van der Waals surface area contributed by atoms with E-state index < -0.39 is 0 Å². The van der Waals surface area contributed by atoms with Crippen molar-refractivity contribution in [2.75, 3.05) is 13.1 Å². The van der Waals surface area contributed by atoms with Gasteiger partial charge in [0.1, 0.15) is 11.5 Å². The molecule has 3 unspecified atom stereocenters. The van der Waals surface area contributed by atoms with Crippen LogP contribution in [-0.2, 0) is 0 Å². The van der Waals surface area contributed by atoms with E-state index in [2.05, 4.69) is 10.2 Å². The van der Waals surface area contributed by atoms with Crippen molar-refractivity contribution in [1.29, 1.82) is 0 Å². The maximum absolute atomic E-state index is 12.6. The number of nitrogens with one attached hydrogen (secondary N) is 1. The first-order valence-electron chi connectivity index (χ1n) is 7.79. The Morgan fingerprint density at radius 2 is 2.22 bits per heavy atom. The smallest absolute Gasteiger partial charge is 0.274 e.